The maximum Gasteiger partial charge on any atom is 0.264 e. The fourth-order valence-corrected chi connectivity index (χ4v) is 5.91. The number of carbonyl (C=O) groups excluding carboxylic acids is 1. The van der Waals surface area contributed by atoms with Gasteiger partial charge in [-0.1, -0.05) is 12.1 Å². The van der Waals surface area contributed by atoms with Crippen LogP contribution in [-0.2, 0) is 14.8 Å². The Bertz CT molecular complexity index is 1360. The number of nitrogens with zero attached hydrogens (tertiary/aromatic N) is 2. The highest BCUT2D eigenvalue weighted by Gasteiger charge is 2.29. The lowest BCUT2D eigenvalue weighted by atomic mass is 10.1. The number of methoxy groups -OCH3 is 2. The minimum atomic E-state index is -4.23. The molecule has 0 bridgehead atoms. The van der Waals surface area contributed by atoms with E-state index in [0.717, 1.165) is 40.8 Å². The normalized spacial score (nSPS) is 14.2. The lowest BCUT2D eigenvalue weighted by Gasteiger charge is -2.25. The van der Waals surface area contributed by atoms with Crippen molar-refractivity contribution in [2.45, 2.75) is 30.7 Å². The third-order valence-electron chi connectivity index (χ3n) is 6.59. The maximum atomic E-state index is 13.7. The smallest absolute Gasteiger partial charge is 0.264 e. The Kier molecular flexibility index (Phi) is 8.41. The molecular weight excluding hydrogens is 509 g/mol. The number of nitrogens with one attached hydrogen (secondary N) is 1. The highest BCUT2D eigenvalue weighted by Crippen LogP contribution is 2.32. The summed E-state index contributed by atoms with van der Waals surface area (Å²) in [6, 6.07) is 16.8. The summed E-state index contributed by atoms with van der Waals surface area (Å²) in [4.78, 5) is 15.3. The standard InChI is InChI=1S/C28H32FN3O5S/c1-20(21-6-10-23(11-7-21)31-16-4-5-17-31)30-28(33)19-32(24-12-8-22(29)9-13-24)38(34,35)25-14-15-26(36-2)27(18-25)37-3/h6-15,18,20H,4-5,16-17,19H2,1-3H3,(H,30,33). The molecule has 1 aliphatic heterocycles. The number of carbonyl (C=O) groups is 1. The number of ether oxygens (including phenoxy) is 2. The Hall–Kier alpha value is -3.79. The molecule has 3 aromatic carbocycles. The van der Waals surface area contributed by atoms with E-state index in [4.69, 9.17) is 9.47 Å². The summed E-state index contributed by atoms with van der Waals surface area (Å²) in [5.41, 5.74) is 2.20. The molecule has 3 aromatic rings. The van der Waals surface area contributed by atoms with Crippen molar-refractivity contribution in [3.8, 4) is 11.5 Å². The van der Waals surface area contributed by atoms with Crippen molar-refractivity contribution in [1.29, 1.82) is 0 Å². The zero-order chi connectivity index (χ0) is 27.3. The fourth-order valence-electron chi connectivity index (χ4n) is 4.48. The highest BCUT2D eigenvalue weighted by atomic mass is 32.2. The largest absolute Gasteiger partial charge is 0.493 e. The summed E-state index contributed by atoms with van der Waals surface area (Å²) >= 11 is 0. The molecule has 1 saturated heterocycles. The van der Waals surface area contributed by atoms with E-state index < -0.39 is 28.3 Å². The van der Waals surface area contributed by atoms with E-state index in [2.05, 4.69) is 10.2 Å². The minimum Gasteiger partial charge on any atom is -0.493 e. The molecule has 1 N–H and O–H groups in total. The zero-order valence-corrected chi connectivity index (χ0v) is 22.5. The molecule has 1 atom stereocenters. The van der Waals surface area contributed by atoms with Crippen molar-refractivity contribution >= 4 is 27.3 Å². The van der Waals surface area contributed by atoms with Crippen LogP contribution in [0.3, 0.4) is 0 Å². The summed E-state index contributed by atoms with van der Waals surface area (Å²) < 4.78 is 52.4. The third kappa shape index (κ3) is 6.02. The summed E-state index contributed by atoms with van der Waals surface area (Å²) in [6.45, 7) is 3.42. The van der Waals surface area contributed by atoms with E-state index in [9.17, 15) is 17.6 Å². The van der Waals surface area contributed by atoms with Gasteiger partial charge in [0.15, 0.2) is 11.5 Å². The summed E-state index contributed by atoms with van der Waals surface area (Å²) in [5.74, 6) is -0.438. The molecule has 1 unspecified atom stereocenters. The van der Waals surface area contributed by atoms with Crippen molar-refractivity contribution in [3.05, 3.63) is 78.1 Å². The molecule has 202 valence electrons. The van der Waals surface area contributed by atoms with Crippen molar-refractivity contribution in [1.82, 2.24) is 5.32 Å². The van der Waals surface area contributed by atoms with Crippen LogP contribution < -0.4 is 24.0 Å². The maximum absolute atomic E-state index is 13.7. The second kappa shape index (κ2) is 11.7. The van der Waals surface area contributed by atoms with Gasteiger partial charge in [-0.25, -0.2) is 12.8 Å². The molecular formula is C28H32FN3O5S. The first-order valence-electron chi connectivity index (χ1n) is 12.4. The topological polar surface area (TPSA) is 88.2 Å². The van der Waals surface area contributed by atoms with Gasteiger partial charge in [-0.2, -0.15) is 0 Å². The molecule has 0 radical (unpaired) electrons. The van der Waals surface area contributed by atoms with Crippen LogP contribution in [-0.4, -0.2) is 48.2 Å². The monoisotopic (exact) mass is 541 g/mol. The third-order valence-corrected chi connectivity index (χ3v) is 8.36. The van der Waals surface area contributed by atoms with Gasteiger partial charge in [0.25, 0.3) is 10.0 Å². The average Bonchev–Trinajstić information content (AvgIpc) is 3.47. The lowest BCUT2D eigenvalue weighted by Crippen LogP contribution is -2.41. The summed E-state index contributed by atoms with van der Waals surface area (Å²) in [6.07, 6.45) is 2.37. The van der Waals surface area contributed by atoms with Crippen LogP contribution >= 0.6 is 0 Å². The summed E-state index contributed by atoms with van der Waals surface area (Å²) in [7, 11) is -1.38. The van der Waals surface area contributed by atoms with E-state index in [1.54, 1.807) is 0 Å². The molecule has 8 nitrogen and oxygen atoms in total. The number of hydrogen-bond acceptors (Lipinski definition) is 6. The molecule has 1 heterocycles. The molecule has 1 amide bonds. The number of anilines is 2. The van der Waals surface area contributed by atoms with Crippen molar-refractivity contribution in [2.75, 3.05) is 43.1 Å². The van der Waals surface area contributed by atoms with Gasteiger partial charge in [-0.3, -0.25) is 9.10 Å². The first-order chi connectivity index (χ1) is 18.2. The minimum absolute atomic E-state index is 0.0992. The number of amides is 1. The molecule has 10 heteroatoms. The van der Waals surface area contributed by atoms with Gasteiger partial charge in [0.1, 0.15) is 12.4 Å². The van der Waals surface area contributed by atoms with Gasteiger partial charge in [0.2, 0.25) is 5.91 Å². The highest BCUT2D eigenvalue weighted by molar-refractivity contribution is 7.92. The predicted octanol–water partition coefficient (Wildman–Crippen LogP) is 4.52. The summed E-state index contributed by atoms with van der Waals surface area (Å²) in [5, 5.41) is 2.88. The lowest BCUT2D eigenvalue weighted by molar-refractivity contribution is -0.120. The number of sulfonamides is 1. The van der Waals surface area contributed by atoms with E-state index in [1.807, 2.05) is 31.2 Å². The van der Waals surface area contributed by atoms with Crippen LogP contribution in [0.4, 0.5) is 15.8 Å². The number of halogens is 1. The number of rotatable bonds is 10. The molecule has 0 spiro atoms. The molecule has 0 saturated carbocycles. The SMILES string of the molecule is COc1ccc(S(=O)(=O)N(CC(=O)NC(C)c2ccc(N3CCCC3)cc2)c2ccc(F)cc2)cc1OC. The Morgan fingerprint density at radius 3 is 2.21 bits per heavy atom. The molecule has 0 aromatic heterocycles. The first-order valence-corrected chi connectivity index (χ1v) is 13.8. The second-order valence-corrected chi connectivity index (χ2v) is 10.9. The van der Waals surface area contributed by atoms with Gasteiger partial charge < -0.3 is 19.7 Å². The van der Waals surface area contributed by atoms with E-state index in [1.165, 1.54) is 57.4 Å². The van der Waals surface area contributed by atoms with E-state index in [-0.39, 0.29) is 22.4 Å². The van der Waals surface area contributed by atoms with Gasteiger partial charge in [-0.05, 0) is 73.9 Å². The number of hydrogen-bond donors (Lipinski definition) is 1. The molecule has 4 rings (SSSR count). The predicted molar refractivity (Wildman–Crippen MR) is 145 cm³/mol. The first kappa shape index (κ1) is 27.3. The van der Waals surface area contributed by atoms with Crippen LogP contribution in [0.15, 0.2) is 71.6 Å². The van der Waals surface area contributed by atoms with Crippen molar-refractivity contribution in [3.63, 3.8) is 0 Å². The van der Waals surface area contributed by atoms with Crippen LogP contribution in [0.25, 0.3) is 0 Å². The van der Waals surface area contributed by atoms with Crippen molar-refractivity contribution < 1.29 is 27.1 Å². The molecule has 1 fully saturated rings. The Morgan fingerprint density at radius 2 is 1.61 bits per heavy atom. The average molecular weight is 542 g/mol. The second-order valence-electron chi connectivity index (χ2n) is 9.08. The van der Waals surface area contributed by atoms with Crippen LogP contribution in [0.2, 0.25) is 0 Å². The fraction of sp³-hybridized carbons (Fsp3) is 0.321. The van der Waals surface area contributed by atoms with Crippen molar-refractivity contribution in [2.24, 2.45) is 0 Å². The quantitative estimate of drug-likeness (QED) is 0.406. The van der Waals surface area contributed by atoms with E-state index in [0.29, 0.717) is 5.75 Å². The zero-order valence-electron chi connectivity index (χ0n) is 21.7. The Balaban J connectivity index is 1.55. The van der Waals surface area contributed by atoms with Gasteiger partial charge in [0, 0.05) is 24.8 Å². The molecule has 38 heavy (non-hydrogen) atoms. The van der Waals surface area contributed by atoms with Gasteiger partial charge in [0.05, 0.1) is 30.8 Å². The molecule has 0 aliphatic carbocycles. The van der Waals surface area contributed by atoms with E-state index >= 15 is 0 Å². The van der Waals surface area contributed by atoms with Gasteiger partial charge in [-0.15, -0.1) is 0 Å². The Labute approximate surface area is 223 Å². The number of benzene rings is 3. The van der Waals surface area contributed by atoms with Crippen LogP contribution in [0, 0.1) is 5.82 Å². The van der Waals surface area contributed by atoms with Crippen LogP contribution in [0.1, 0.15) is 31.4 Å². The van der Waals surface area contributed by atoms with Crippen LogP contribution in [0.5, 0.6) is 11.5 Å². The van der Waals surface area contributed by atoms with Gasteiger partial charge >= 0.3 is 0 Å². The Morgan fingerprint density at radius 1 is 0.974 bits per heavy atom. The molecule has 1 aliphatic rings.